The second kappa shape index (κ2) is 6.60. The quantitative estimate of drug-likeness (QED) is 0.662. The van der Waals surface area contributed by atoms with E-state index in [9.17, 15) is 9.90 Å². The molecule has 0 amide bonds. The molecule has 1 atom stereocenters. The van der Waals surface area contributed by atoms with Crippen molar-refractivity contribution in [2.75, 3.05) is 18.5 Å². The third-order valence-corrected chi connectivity index (χ3v) is 3.43. The van der Waals surface area contributed by atoms with E-state index in [-0.39, 0.29) is 19.0 Å². The van der Waals surface area contributed by atoms with Crippen LogP contribution in [0.3, 0.4) is 0 Å². The summed E-state index contributed by atoms with van der Waals surface area (Å²) in [6.07, 6.45) is -0.875. The Hall–Kier alpha value is -2.70. The lowest BCUT2D eigenvalue weighted by Crippen LogP contribution is -2.23. The van der Waals surface area contributed by atoms with E-state index in [2.05, 4.69) is 10.3 Å². The van der Waals surface area contributed by atoms with Crippen molar-refractivity contribution in [1.29, 1.82) is 0 Å². The van der Waals surface area contributed by atoms with Crippen molar-refractivity contribution in [2.45, 2.75) is 6.10 Å². The highest BCUT2D eigenvalue weighted by atomic mass is 16.4. The van der Waals surface area contributed by atoms with E-state index in [0.29, 0.717) is 22.2 Å². The summed E-state index contributed by atoms with van der Waals surface area (Å²) in [5, 5.41) is 21.8. The highest BCUT2D eigenvalue weighted by Crippen LogP contribution is 2.26. The molecule has 0 spiro atoms. The smallest absolute Gasteiger partial charge is 0.347 e. The van der Waals surface area contributed by atoms with E-state index in [0.717, 1.165) is 0 Å². The molecule has 3 rings (SSSR count). The molecule has 6 nitrogen and oxygen atoms in total. The van der Waals surface area contributed by atoms with Crippen LogP contribution in [0.2, 0.25) is 0 Å². The molecule has 0 aliphatic rings. The van der Waals surface area contributed by atoms with Crippen LogP contribution in [0.1, 0.15) is 0 Å². The Kier molecular flexibility index (Phi) is 4.36. The van der Waals surface area contributed by atoms with Crippen molar-refractivity contribution < 1.29 is 14.6 Å². The van der Waals surface area contributed by atoms with E-state index in [1.807, 2.05) is 6.07 Å². The number of para-hydroxylation sites is 2. The second-order valence-corrected chi connectivity index (χ2v) is 5.09. The maximum absolute atomic E-state index is 12.1. The molecule has 0 bridgehead atoms. The first-order valence-corrected chi connectivity index (χ1v) is 7.21. The highest BCUT2D eigenvalue weighted by Gasteiger charge is 2.12. The zero-order chi connectivity index (χ0) is 16.2. The van der Waals surface area contributed by atoms with Gasteiger partial charge < -0.3 is 19.9 Å². The lowest BCUT2D eigenvalue weighted by molar-refractivity contribution is 0.105. The number of benzene rings is 2. The lowest BCUT2D eigenvalue weighted by atomic mass is 10.1. The van der Waals surface area contributed by atoms with Gasteiger partial charge in [0.1, 0.15) is 0 Å². The van der Waals surface area contributed by atoms with Crippen molar-refractivity contribution in [1.82, 2.24) is 4.98 Å². The fraction of sp³-hybridized carbons (Fsp3) is 0.176. The summed E-state index contributed by atoms with van der Waals surface area (Å²) in [6.45, 7) is -0.163. The number of aliphatic hydroxyl groups is 2. The predicted octanol–water partition coefficient (Wildman–Crippen LogP) is 1.62. The third-order valence-electron chi connectivity index (χ3n) is 3.43. The van der Waals surface area contributed by atoms with Gasteiger partial charge in [0, 0.05) is 12.2 Å². The number of fused-ring (bicyclic) bond motifs is 1. The van der Waals surface area contributed by atoms with Crippen LogP contribution in [0, 0.1) is 0 Å². The zero-order valence-corrected chi connectivity index (χ0v) is 12.3. The first kappa shape index (κ1) is 15.2. The molecule has 1 unspecified atom stereocenters. The van der Waals surface area contributed by atoms with Gasteiger partial charge in [-0.15, -0.1) is 0 Å². The molecule has 0 saturated heterocycles. The Morgan fingerprint density at radius 1 is 1.13 bits per heavy atom. The van der Waals surface area contributed by atoms with Crippen molar-refractivity contribution in [3.63, 3.8) is 0 Å². The Morgan fingerprint density at radius 3 is 2.70 bits per heavy atom. The molecule has 23 heavy (non-hydrogen) atoms. The third kappa shape index (κ3) is 3.23. The van der Waals surface area contributed by atoms with Crippen LogP contribution in [0.5, 0.6) is 0 Å². The molecule has 1 heterocycles. The zero-order valence-electron chi connectivity index (χ0n) is 12.3. The lowest BCUT2D eigenvalue weighted by Gasteiger charge is -2.13. The summed E-state index contributed by atoms with van der Waals surface area (Å²) in [7, 11) is 0. The standard InChI is InChI=1S/C17H16N2O4/c20-10-11(21)9-18-14-7-3-1-5-12(14)16-19-15-8-4-2-6-13(15)17(22)23-16/h1-8,11,18,20-21H,9-10H2. The second-order valence-electron chi connectivity index (χ2n) is 5.09. The molecule has 0 radical (unpaired) electrons. The predicted molar refractivity (Wildman–Crippen MR) is 87.3 cm³/mol. The van der Waals surface area contributed by atoms with E-state index >= 15 is 0 Å². The summed E-state index contributed by atoms with van der Waals surface area (Å²) in [5.74, 6) is 0.204. The van der Waals surface area contributed by atoms with E-state index < -0.39 is 11.7 Å². The van der Waals surface area contributed by atoms with Gasteiger partial charge in [-0.1, -0.05) is 24.3 Å². The van der Waals surface area contributed by atoms with Crippen molar-refractivity contribution in [3.05, 3.63) is 59.0 Å². The molecule has 6 heteroatoms. The number of aromatic nitrogens is 1. The van der Waals surface area contributed by atoms with Gasteiger partial charge in [0.25, 0.3) is 0 Å². The van der Waals surface area contributed by atoms with Gasteiger partial charge in [-0.25, -0.2) is 9.78 Å². The van der Waals surface area contributed by atoms with E-state index in [1.165, 1.54) is 0 Å². The monoisotopic (exact) mass is 312 g/mol. The molecule has 3 aromatic rings. The summed E-state index contributed by atoms with van der Waals surface area (Å²) in [4.78, 5) is 16.5. The Bertz CT molecular complexity index is 876. The van der Waals surface area contributed by atoms with Crippen molar-refractivity contribution in [3.8, 4) is 11.5 Å². The minimum atomic E-state index is -0.875. The molecule has 2 aromatic carbocycles. The average Bonchev–Trinajstić information content (AvgIpc) is 2.60. The number of nitrogens with one attached hydrogen (secondary N) is 1. The molecule has 0 fully saturated rings. The number of aliphatic hydroxyl groups excluding tert-OH is 2. The highest BCUT2D eigenvalue weighted by molar-refractivity contribution is 5.80. The van der Waals surface area contributed by atoms with Gasteiger partial charge in [-0.3, -0.25) is 0 Å². The number of rotatable bonds is 5. The largest absolute Gasteiger partial charge is 0.403 e. The van der Waals surface area contributed by atoms with Gasteiger partial charge in [0.2, 0.25) is 5.89 Å². The molecule has 0 aliphatic heterocycles. The van der Waals surface area contributed by atoms with Crippen LogP contribution in [0.15, 0.2) is 57.7 Å². The molecule has 3 N–H and O–H groups in total. The average molecular weight is 312 g/mol. The van der Waals surface area contributed by atoms with E-state index in [4.69, 9.17) is 9.52 Å². The Balaban J connectivity index is 2.03. The normalized spacial score (nSPS) is 12.3. The topological polar surface area (TPSA) is 95.6 Å². The van der Waals surface area contributed by atoms with Gasteiger partial charge >= 0.3 is 5.63 Å². The molecular weight excluding hydrogens is 296 g/mol. The minimum Gasteiger partial charge on any atom is -0.403 e. The van der Waals surface area contributed by atoms with Crippen LogP contribution in [-0.4, -0.2) is 34.5 Å². The molecule has 0 saturated carbocycles. The Labute approximate surface area is 132 Å². The molecule has 1 aromatic heterocycles. The first-order chi connectivity index (χ1) is 11.2. The van der Waals surface area contributed by atoms with E-state index in [1.54, 1.807) is 42.5 Å². The maximum Gasteiger partial charge on any atom is 0.347 e. The van der Waals surface area contributed by atoms with Crippen LogP contribution in [0.4, 0.5) is 5.69 Å². The SMILES string of the molecule is O=c1oc(-c2ccccc2NCC(O)CO)nc2ccccc12. The van der Waals surface area contributed by atoms with Gasteiger partial charge in [-0.2, -0.15) is 0 Å². The summed E-state index contributed by atoms with van der Waals surface area (Å²) >= 11 is 0. The maximum atomic E-state index is 12.1. The van der Waals surface area contributed by atoms with Gasteiger partial charge in [0.05, 0.1) is 29.2 Å². The fourth-order valence-corrected chi connectivity index (χ4v) is 2.25. The van der Waals surface area contributed by atoms with Crippen LogP contribution >= 0.6 is 0 Å². The van der Waals surface area contributed by atoms with Crippen LogP contribution in [0.25, 0.3) is 22.4 Å². The fourth-order valence-electron chi connectivity index (χ4n) is 2.25. The van der Waals surface area contributed by atoms with Gasteiger partial charge in [0.15, 0.2) is 0 Å². The number of hydrogen-bond donors (Lipinski definition) is 3. The summed E-state index contributed by atoms with van der Waals surface area (Å²) in [5.41, 5.74) is 1.38. The molecule has 118 valence electrons. The number of nitrogens with zero attached hydrogens (tertiary/aromatic N) is 1. The molecular formula is C17H16N2O4. The van der Waals surface area contributed by atoms with Crippen molar-refractivity contribution in [2.24, 2.45) is 0 Å². The molecule has 0 aliphatic carbocycles. The Morgan fingerprint density at radius 2 is 1.87 bits per heavy atom. The minimum absolute atomic E-state index is 0.172. The van der Waals surface area contributed by atoms with Crippen molar-refractivity contribution >= 4 is 16.6 Å². The number of anilines is 1. The van der Waals surface area contributed by atoms with Gasteiger partial charge in [-0.05, 0) is 24.3 Å². The summed E-state index contributed by atoms with van der Waals surface area (Å²) in [6, 6.07) is 14.2. The first-order valence-electron chi connectivity index (χ1n) is 7.21. The summed E-state index contributed by atoms with van der Waals surface area (Å²) < 4.78 is 5.33. The number of hydrogen-bond acceptors (Lipinski definition) is 6. The van der Waals surface area contributed by atoms with Crippen LogP contribution < -0.4 is 10.9 Å². The van der Waals surface area contributed by atoms with Crippen LogP contribution in [-0.2, 0) is 0 Å².